The Morgan fingerprint density at radius 1 is 0.364 bits per heavy atom. The quantitative estimate of drug-likeness (QED) is 0.161. The second-order valence-corrected chi connectivity index (χ2v) is 15.6. The van der Waals surface area contributed by atoms with Gasteiger partial charge in [-0.1, -0.05) is 127 Å². The van der Waals surface area contributed by atoms with Crippen LogP contribution >= 0.6 is 11.3 Å². The van der Waals surface area contributed by atoms with Gasteiger partial charge in [0.1, 0.15) is 0 Å². The van der Waals surface area contributed by atoms with Crippen molar-refractivity contribution in [3.05, 3.63) is 194 Å². The lowest BCUT2D eigenvalue weighted by Crippen LogP contribution is -2.09. The van der Waals surface area contributed by atoms with Crippen molar-refractivity contribution >= 4 is 103 Å². The van der Waals surface area contributed by atoms with Crippen LogP contribution in [0.4, 0.5) is 17.1 Å². The van der Waals surface area contributed by atoms with Crippen LogP contribution < -0.4 is 4.90 Å². The van der Waals surface area contributed by atoms with Gasteiger partial charge < -0.3 is 9.47 Å². The van der Waals surface area contributed by atoms with Crippen LogP contribution in [-0.4, -0.2) is 4.57 Å². The first-order valence-corrected chi connectivity index (χ1v) is 19.7. The van der Waals surface area contributed by atoms with Gasteiger partial charge in [-0.25, -0.2) is 0 Å². The first-order valence-electron chi connectivity index (χ1n) is 18.8. The molecule has 55 heavy (non-hydrogen) atoms. The zero-order chi connectivity index (χ0) is 36.0. The Labute approximate surface area is 321 Å². The highest BCUT2D eigenvalue weighted by molar-refractivity contribution is 7.25. The smallest absolute Gasteiger partial charge is 0.0553 e. The number of hydrogen-bond acceptors (Lipinski definition) is 2. The Morgan fingerprint density at radius 3 is 1.84 bits per heavy atom. The van der Waals surface area contributed by atoms with Crippen LogP contribution in [0.15, 0.2) is 194 Å². The number of fused-ring (bicyclic) bond motifs is 7. The van der Waals surface area contributed by atoms with E-state index >= 15 is 0 Å². The molecule has 12 aromatic rings. The average molecular weight is 717 g/mol. The molecule has 0 aliphatic heterocycles. The van der Waals surface area contributed by atoms with Crippen LogP contribution in [0.25, 0.3) is 91.1 Å². The monoisotopic (exact) mass is 716 g/mol. The number of para-hydroxylation sites is 3. The van der Waals surface area contributed by atoms with Crippen molar-refractivity contribution in [3.63, 3.8) is 0 Å². The molecular weight excluding hydrogens is 685 g/mol. The molecule has 0 radical (unpaired) electrons. The summed E-state index contributed by atoms with van der Waals surface area (Å²) in [6.45, 7) is 0. The van der Waals surface area contributed by atoms with Crippen LogP contribution in [0.1, 0.15) is 0 Å². The highest BCUT2D eigenvalue weighted by Crippen LogP contribution is 2.46. The molecule has 0 fully saturated rings. The second kappa shape index (κ2) is 11.8. The molecule has 0 unspecified atom stereocenters. The molecule has 2 nitrogen and oxygen atoms in total. The molecule has 256 valence electrons. The van der Waals surface area contributed by atoms with E-state index < -0.39 is 0 Å². The van der Waals surface area contributed by atoms with E-state index in [1.54, 1.807) is 0 Å². The maximum absolute atomic E-state index is 2.42. The van der Waals surface area contributed by atoms with Gasteiger partial charge in [0.2, 0.25) is 0 Å². The summed E-state index contributed by atoms with van der Waals surface area (Å²) in [4.78, 5) is 2.37. The minimum atomic E-state index is 1.13. The van der Waals surface area contributed by atoms with Crippen molar-refractivity contribution in [1.29, 1.82) is 0 Å². The number of nitrogens with zero attached hydrogens (tertiary/aromatic N) is 2. The molecule has 0 spiro atoms. The Morgan fingerprint density at radius 2 is 0.982 bits per heavy atom. The van der Waals surface area contributed by atoms with Gasteiger partial charge in [-0.3, -0.25) is 0 Å². The lowest BCUT2D eigenvalue weighted by Gasteiger charge is -2.26. The maximum Gasteiger partial charge on any atom is 0.0553 e. The Hall–Kier alpha value is -6.94. The predicted octanol–water partition coefficient (Wildman–Crippen LogP) is 15.2. The summed E-state index contributed by atoms with van der Waals surface area (Å²) in [5, 5.41) is 13.0. The standard InChI is InChI=1S/C52H32N2S/c1-3-11-36(12-4-1)53(39-26-28-42-41-15-8-10-18-48(41)55-49(42)32-39)38-24-21-33(22-25-38)40-27-23-34-19-20-35-31-47-52(45-30-29-43(40)50(34)51(35)45)44-16-7-9-17-46(44)54(47)37-13-5-2-6-14-37/h1-32H. The molecule has 0 saturated carbocycles. The number of hydrogen-bond donors (Lipinski definition) is 0. The summed E-state index contributed by atoms with van der Waals surface area (Å²) in [6.07, 6.45) is 0. The molecule has 2 aromatic heterocycles. The molecule has 0 N–H and O–H groups in total. The number of thiophene rings is 1. The first-order chi connectivity index (χ1) is 27.3. The minimum absolute atomic E-state index is 1.13. The van der Waals surface area contributed by atoms with Gasteiger partial charge in [-0.05, 0) is 110 Å². The average Bonchev–Trinajstić information content (AvgIpc) is 3.79. The van der Waals surface area contributed by atoms with E-state index in [9.17, 15) is 0 Å². The number of rotatable bonds is 5. The van der Waals surface area contributed by atoms with Crippen molar-refractivity contribution in [2.24, 2.45) is 0 Å². The van der Waals surface area contributed by atoms with Gasteiger partial charge in [-0.2, -0.15) is 0 Å². The second-order valence-electron chi connectivity index (χ2n) is 14.5. The molecule has 0 saturated heterocycles. The van der Waals surface area contributed by atoms with Gasteiger partial charge in [0.15, 0.2) is 0 Å². The Kier molecular flexibility index (Phi) is 6.54. The fourth-order valence-electron chi connectivity index (χ4n) is 9.11. The molecule has 12 rings (SSSR count). The number of benzene rings is 10. The fraction of sp³-hybridized carbons (Fsp3) is 0. The molecule has 10 aromatic carbocycles. The van der Waals surface area contributed by atoms with Gasteiger partial charge >= 0.3 is 0 Å². The highest BCUT2D eigenvalue weighted by Gasteiger charge is 2.20. The summed E-state index contributed by atoms with van der Waals surface area (Å²) in [5.41, 5.74) is 9.53. The van der Waals surface area contributed by atoms with Crippen LogP contribution in [0, 0.1) is 0 Å². The summed E-state index contributed by atoms with van der Waals surface area (Å²) >= 11 is 1.86. The molecule has 0 amide bonds. The normalized spacial score (nSPS) is 12.0. The van der Waals surface area contributed by atoms with Crippen LogP contribution in [-0.2, 0) is 0 Å². The summed E-state index contributed by atoms with van der Waals surface area (Å²) < 4.78 is 5.04. The lowest BCUT2D eigenvalue weighted by atomic mass is 9.88. The molecular formula is C52H32N2S. The topological polar surface area (TPSA) is 8.17 Å². The van der Waals surface area contributed by atoms with Crippen molar-refractivity contribution in [3.8, 4) is 16.8 Å². The molecule has 0 aliphatic rings. The van der Waals surface area contributed by atoms with E-state index in [4.69, 9.17) is 0 Å². The number of anilines is 3. The van der Waals surface area contributed by atoms with Crippen LogP contribution in [0.2, 0.25) is 0 Å². The third-order valence-electron chi connectivity index (χ3n) is 11.5. The molecule has 2 heterocycles. The largest absolute Gasteiger partial charge is 0.310 e. The van der Waals surface area contributed by atoms with Gasteiger partial charge in [0.05, 0.1) is 11.0 Å². The van der Waals surface area contributed by atoms with Crippen molar-refractivity contribution in [2.75, 3.05) is 4.90 Å². The molecule has 3 heteroatoms. The van der Waals surface area contributed by atoms with Gasteiger partial charge in [0.25, 0.3) is 0 Å². The van der Waals surface area contributed by atoms with Gasteiger partial charge in [0, 0.05) is 53.7 Å². The van der Waals surface area contributed by atoms with E-state index in [1.165, 1.54) is 91.1 Å². The fourth-order valence-corrected chi connectivity index (χ4v) is 10.2. The molecule has 0 atom stereocenters. The molecule has 0 bridgehead atoms. The summed E-state index contributed by atoms with van der Waals surface area (Å²) in [7, 11) is 0. The third kappa shape index (κ3) is 4.54. The lowest BCUT2D eigenvalue weighted by molar-refractivity contribution is 1.18. The van der Waals surface area contributed by atoms with E-state index in [0.717, 1.165) is 17.1 Å². The van der Waals surface area contributed by atoms with Crippen molar-refractivity contribution < 1.29 is 0 Å². The van der Waals surface area contributed by atoms with Crippen LogP contribution in [0.3, 0.4) is 0 Å². The highest BCUT2D eigenvalue weighted by atomic mass is 32.1. The zero-order valence-electron chi connectivity index (χ0n) is 29.8. The van der Waals surface area contributed by atoms with Crippen molar-refractivity contribution in [2.45, 2.75) is 0 Å². The Bertz CT molecular complexity index is 3410. The first kappa shape index (κ1) is 30.5. The van der Waals surface area contributed by atoms with E-state index in [0.29, 0.717) is 0 Å². The summed E-state index contributed by atoms with van der Waals surface area (Å²) in [6, 6.07) is 71.4. The van der Waals surface area contributed by atoms with E-state index in [1.807, 2.05) is 11.3 Å². The van der Waals surface area contributed by atoms with Crippen LogP contribution in [0.5, 0.6) is 0 Å². The molecule has 0 aliphatic carbocycles. The van der Waals surface area contributed by atoms with Crippen molar-refractivity contribution in [1.82, 2.24) is 4.57 Å². The maximum atomic E-state index is 2.42. The number of aromatic nitrogens is 1. The summed E-state index contributed by atoms with van der Waals surface area (Å²) in [5.74, 6) is 0. The van der Waals surface area contributed by atoms with Gasteiger partial charge in [-0.15, -0.1) is 11.3 Å². The third-order valence-corrected chi connectivity index (χ3v) is 12.6. The van der Waals surface area contributed by atoms with E-state index in [-0.39, 0.29) is 0 Å². The SMILES string of the molecule is c1ccc(N(c2ccc(-c3ccc4ccc5cc6c(c7ccc3c4c57)c3ccccc3n6-c3ccccc3)cc2)c2ccc3c(c2)sc2ccccc23)cc1. The Balaban J connectivity index is 1.02. The minimum Gasteiger partial charge on any atom is -0.310 e. The van der Waals surface area contributed by atoms with E-state index in [2.05, 4.69) is 204 Å². The zero-order valence-corrected chi connectivity index (χ0v) is 30.6. The predicted molar refractivity (Wildman–Crippen MR) is 237 cm³/mol.